The van der Waals surface area contributed by atoms with Crippen molar-refractivity contribution in [1.29, 1.82) is 0 Å². The van der Waals surface area contributed by atoms with Gasteiger partial charge in [-0.25, -0.2) is 15.1 Å². The van der Waals surface area contributed by atoms with Gasteiger partial charge >= 0.3 is 0 Å². The molecule has 0 fully saturated rings. The number of rotatable bonds is 1. The van der Waals surface area contributed by atoms with Crippen LogP contribution in [0.2, 0.25) is 0 Å². The summed E-state index contributed by atoms with van der Waals surface area (Å²) in [6, 6.07) is 0. The van der Waals surface area contributed by atoms with Gasteiger partial charge in [-0.1, -0.05) is 5.01 Å². The van der Waals surface area contributed by atoms with Crippen molar-refractivity contribution in [2.45, 2.75) is 6.29 Å². The summed E-state index contributed by atoms with van der Waals surface area (Å²) in [7, 11) is 0. The zero-order valence-corrected chi connectivity index (χ0v) is 5.04. The van der Waals surface area contributed by atoms with Crippen LogP contribution in [-0.4, -0.2) is 22.5 Å². The Kier molecular flexibility index (Phi) is 1.63. The minimum absolute atomic E-state index is 0.613. The lowest BCUT2D eigenvalue weighted by Crippen LogP contribution is -2.41. The maximum absolute atomic E-state index is 10.1. The summed E-state index contributed by atoms with van der Waals surface area (Å²) in [6.45, 7) is 0. The first-order valence-corrected chi connectivity index (χ1v) is 2.60. The second kappa shape index (κ2) is 2.44. The Morgan fingerprint density at radius 1 is 1.80 bits per heavy atom. The Bertz CT molecular complexity index is 199. The number of allylic oxidation sites excluding steroid dienone is 1. The van der Waals surface area contributed by atoms with E-state index in [9.17, 15) is 10.1 Å². The van der Waals surface area contributed by atoms with Crippen molar-refractivity contribution < 1.29 is 5.03 Å². The van der Waals surface area contributed by atoms with E-state index in [1.54, 1.807) is 0 Å². The summed E-state index contributed by atoms with van der Waals surface area (Å²) >= 11 is 0. The van der Waals surface area contributed by atoms with E-state index in [0.717, 1.165) is 5.01 Å². The second-order valence-corrected chi connectivity index (χ2v) is 1.67. The van der Waals surface area contributed by atoms with E-state index < -0.39 is 11.3 Å². The largest absolute Gasteiger partial charge is 0.288 e. The van der Waals surface area contributed by atoms with Gasteiger partial charge in [-0.3, -0.25) is 5.73 Å². The minimum Gasteiger partial charge on any atom is -0.288 e. The fourth-order valence-electron chi connectivity index (χ4n) is 0.572. The highest BCUT2D eigenvalue weighted by atomic mass is 16.7. The van der Waals surface area contributed by atoms with Gasteiger partial charge in [0.25, 0.3) is 0 Å². The number of nitrogens with two attached hydrogens (primary N) is 1. The van der Waals surface area contributed by atoms with Crippen LogP contribution in [0.4, 0.5) is 0 Å². The van der Waals surface area contributed by atoms with Crippen molar-refractivity contribution >= 4 is 6.21 Å². The van der Waals surface area contributed by atoms with Crippen molar-refractivity contribution in [1.82, 2.24) is 5.01 Å². The standard InChI is InChI=1S/C4H6N4O2/c5-4-6-2-1-3-7(4)8(9)10/h1-4H,5H2. The van der Waals surface area contributed by atoms with Crippen LogP contribution < -0.4 is 5.73 Å². The molecule has 1 unspecified atom stereocenters. The van der Waals surface area contributed by atoms with E-state index in [1.807, 2.05) is 0 Å². The maximum atomic E-state index is 10.1. The van der Waals surface area contributed by atoms with Crippen LogP contribution in [0.1, 0.15) is 0 Å². The number of aliphatic imine (C=N–C) groups is 1. The molecule has 10 heavy (non-hydrogen) atoms. The topological polar surface area (TPSA) is 84.8 Å². The van der Waals surface area contributed by atoms with Crippen molar-refractivity contribution in [3.63, 3.8) is 0 Å². The monoisotopic (exact) mass is 142 g/mol. The van der Waals surface area contributed by atoms with Crippen LogP contribution >= 0.6 is 0 Å². The molecule has 0 aromatic carbocycles. The zero-order valence-electron chi connectivity index (χ0n) is 5.04. The predicted molar refractivity (Wildman–Crippen MR) is 34.4 cm³/mol. The van der Waals surface area contributed by atoms with E-state index in [4.69, 9.17) is 5.73 Å². The number of nitro groups is 1. The molecule has 0 aromatic heterocycles. The van der Waals surface area contributed by atoms with Crippen LogP contribution in [0, 0.1) is 10.1 Å². The quantitative estimate of drug-likeness (QED) is 0.388. The van der Waals surface area contributed by atoms with Gasteiger partial charge in [0.1, 0.15) is 0 Å². The highest BCUT2D eigenvalue weighted by Crippen LogP contribution is 1.99. The van der Waals surface area contributed by atoms with Gasteiger partial charge in [0.05, 0.1) is 6.20 Å². The fourth-order valence-corrected chi connectivity index (χ4v) is 0.572. The molecule has 1 aliphatic rings. The third-order valence-corrected chi connectivity index (χ3v) is 1.02. The first-order valence-electron chi connectivity index (χ1n) is 2.60. The van der Waals surface area contributed by atoms with E-state index in [2.05, 4.69) is 4.99 Å². The molecule has 6 heteroatoms. The van der Waals surface area contributed by atoms with Gasteiger partial charge < -0.3 is 0 Å². The maximum Gasteiger partial charge on any atom is 0.234 e. The Hall–Kier alpha value is -1.43. The van der Waals surface area contributed by atoms with Crippen molar-refractivity contribution in [3.05, 3.63) is 22.4 Å². The molecule has 0 aliphatic carbocycles. The summed E-state index contributed by atoms with van der Waals surface area (Å²) in [5, 5.41) is 10.2. The van der Waals surface area contributed by atoms with Gasteiger partial charge in [0.15, 0.2) is 5.03 Å². The smallest absolute Gasteiger partial charge is 0.234 e. The van der Waals surface area contributed by atoms with Gasteiger partial charge in [-0.15, -0.1) is 0 Å². The van der Waals surface area contributed by atoms with E-state index in [1.165, 1.54) is 18.5 Å². The van der Waals surface area contributed by atoms with Gasteiger partial charge in [-0.05, 0) is 6.08 Å². The molecule has 0 bridgehead atoms. The summed E-state index contributed by atoms with van der Waals surface area (Å²) in [4.78, 5) is 13.7. The lowest BCUT2D eigenvalue weighted by Gasteiger charge is -2.14. The highest BCUT2D eigenvalue weighted by molar-refractivity contribution is 5.71. The van der Waals surface area contributed by atoms with Crippen LogP contribution in [0.25, 0.3) is 0 Å². The lowest BCUT2D eigenvalue weighted by molar-refractivity contribution is -0.648. The summed E-state index contributed by atoms with van der Waals surface area (Å²) < 4.78 is 0. The summed E-state index contributed by atoms with van der Waals surface area (Å²) in [5.41, 5.74) is 5.22. The summed E-state index contributed by atoms with van der Waals surface area (Å²) in [5.74, 6) is 0. The minimum atomic E-state index is -0.889. The van der Waals surface area contributed by atoms with E-state index >= 15 is 0 Å². The zero-order chi connectivity index (χ0) is 7.56. The average Bonchev–Trinajstić information content (AvgIpc) is 1.88. The average molecular weight is 142 g/mol. The van der Waals surface area contributed by atoms with Crippen molar-refractivity contribution in [2.75, 3.05) is 0 Å². The van der Waals surface area contributed by atoms with Gasteiger partial charge in [-0.2, -0.15) is 0 Å². The Labute approximate surface area is 56.8 Å². The van der Waals surface area contributed by atoms with E-state index in [0.29, 0.717) is 0 Å². The number of hydrogen-bond acceptors (Lipinski definition) is 4. The van der Waals surface area contributed by atoms with Crippen LogP contribution in [0.3, 0.4) is 0 Å². The molecule has 0 aromatic rings. The highest BCUT2D eigenvalue weighted by Gasteiger charge is 2.19. The predicted octanol–water partition coefficient (Wildman–Crippen LogP) is -0.679. The fraction of sp³-hybridized carbons (Fsp3) is 0.250. The Balaban J connectivity index is 2.70. The molecule has 0 saturated carbocycles. The van der Waals surface area contributed by atoms with Crippen molar-refractivity contribution in [2.24, 2.45) is 10.7 Å². The Morgan fingerprint density at radius 2 is 2.50 bits per heavy atom. The van der Waals surface area contributed by atoms with Crippen LogP contribution in [0.5, 0.6) is 0 Å². The van der Waals surface area contributed by atoms with Crippen LogP contribution in [0.15, 0.2) is 17.3 Å². The molecule has 0 radical (unpaired) electrons. The summed E-state index contributed by atoms with van der Waals surface area (Å²) in [6.07, 6.45) is 3.24. The molecule has 1 rings (SSSR count). The van der Waals surface area contributed by atoms with Gasteiger partial charge in [0.2, 0.25) is 6.29 Å². The SMILES string of the molecule is NC1N=CC=CN1[N+](=O)[O-]. The molecular weight excluding hydrogens is 136 g/mol. The Morgan fingerprint density at radius 3 is 2.90 bits per heavy atom. The molecule has 1 atom stereocenters. The third-order valence-electron chi connectivity index (χ3n) is 1.02. The molecule has 54 valence electrons. The number of hydrogen-bond donors (Lipinski definition) is 1. The number of hydrazine groups is 1. The molecule has 2 N–H and O–H groups in total. The van der Waals surface area contributed by atoms with Gasteiger partial charge in [0, 0.05) is 6.21 Å². The molecule has 0 amide bonds. The van der Waals surface area contributed by atoms with E-state index in [-0.39, 0.29) is 0 Å². The second-order valence-electron chi connectivity index (χ2n) is 1.67. The first-order chi connectivity index (χ1) is 4.72. The lowest BCUT2D eigenvalue weighted by atomic mass is 10.5. The molecule has 6 nitrogen and oxygen atoms in total. The molecule has 0 spiro atoms. The molecular formula is C4H6N4O2. The normalized spacial score (nSPS) is 23.3. The molecule has 1 aliphatic heterocycles. The molecule has 0 saturated heterocycles. The van der Waals surface area contributed by atoms with Crippen molar-refractivity contribution in [3.8, 4) is 0 Å². The molecule has 1 heterocycles. The first kappa shape index (κ1) is 6.69. The van der Waals surface area contributed by atoms with Crippen LogP contribution in [-0.2, 0) is 0 Å². The number of nitrogens with zero attached hydrogens (tertiary/aromatic N) is 3. The third kappa shape index (κ3) is 1.11.